The lowest BCUT2D eigenvalue weighted by molar-refractivity contribution is -0.0648. The third-order valence-electron chi connectivity index (χ3n) is 3.77. The number of hydrogen-bond acceptors (Lipinski definition) is 5. The highest BCUT2D eigenvalue weighted by Gasteiger charge is 2.32. The minimum Gasteiger partial charge on any atom is -0.394 e. The molecule has 2 aliphatic carbocycles. The topological polar surface area (TPSA) is 101 Å². The maximum Gasteiger partial charge on any atom is 0.112 e. The van der Waals surface area contributed by atoms with E-state index in [0.29, 0.717) is 12.0 Å². The van der Waals surface area contributed by atoms with E-state index < -0.39 is 31.0 Å². The molecule has 0 aliphatic heterocycles. The van der Waals surface area contributed by atoms with Gasteiger partial charge in [-0.2, -0.15) is 0 Å². The summed E-state index contributed by atoms with van der Waals surface area (Å²) in [7, 11) is 0. The van der Waals surface area contributed by atoms with Crippen molar-refractivity contribution < 1.29 is 25.5 Å². The van der Waals surface area contributed by atoms with Crippen molar-refractivity contribution in [1.29, 1.82) is 0 Å². The number of rotatable bonds is 4. The van der Waals surface area contributed by atoms with Gasteiger partial charge in [0.05, 0.1) is 12.7 Å². The van der Waals surface area contributed by atoms with E-state index in [1.165, 1.54) is 0 Å². The lowest BCUT2D eigenvalue weighted by Crippen LogP contribution is -2.40. The van der Waals surface area contributed by atoms with Crippen molar-refractivity contribution in [2.45, 2.75) is 50.1 Å². The van der Waals surface area contributed by atoms with E-state index in [2.05, 4.69) is 0 Å². The zero-order valence-corrected chi connectivity index (χ0v) is 10.2. The Hall–Kier alpha value is -0.720. The Morgan fingerprint density at radius 3 is 2.61 bits per heavy atom. The summed E-state index contributed by atoms with van der Waals surface area (Å²) < 4.78 is 0. The van der Waals surface area contributed by atoms with Gasteiger partial charge in [0.25, 0.3) is 0 Å². The highest BCUT2D eigenvalue weighted by molar-refractivity contribution is 5.44. The molecule has 5 heteroatoms. The molecule has 0 spiro atoms. The molecule has 2 rings (SSSR count). The maximum absolute atomic E-state index is 9.95. The molecular weight excluding hydrogens is 236 g/mol. The lowest BCUT2D eigenvalue weighted by Gasteiger charge is -2.23. The van der Waals surface area contributed by atoms with Crippen LogP contribution < -0.4 is 0 Å². The number of allylic oxidation sites excluding steroid dienone is 1. The van der Waals surface area contributed by atoms with E-state index in [4.69, 9.17) is 5.11 Å². The molecule has 1 unspecified atom stereocenters. The average molecular weight is 256 g/mol. The quantitative estimate of drug-likeness (QED) is 0.455. The lowest BCUT2D eigenvalue weighted by atomic mass is 9.91. The van der Waals surface area contributed by atoms with Gasteiger partial charge in [-0.3, -0.25) is 0 Å². The molecule has 0 radical (unpaired) electrons. The van der Waals surface area contributed by atoms with E-state index in [1.54, 1.807) is 6.08 Å². The van der Waals surface area contributed by atoms with Gasteiger partial charge >= 0.3 is 0 Å². The van der Waals surface area contributed by atoms with Gasteiger partial charge in [0.15, 0.2) is 0 Å². The third-order valence-corrected chi connectivity index (χ3v) is 3.77. The molecule has 0 saturated heterocycles. The van der Waals surface area contributed by atoms with Gasteiger partial charge in [-0.15, -0.1) is 0 Å². The molecule has 0 amide bonds. The Morgan fingerprint density at radius 2 is 2.00 bits per heavy atom. The first-order valence-corrected chi connectivity index (χ1v) is 6.30. The van der Waals surface area contributed by atoms with Crippen LogP contribution in [-0.4, -0.2) is 56.6 Å². The first-order chi connectivity index (χ1) is 8.54. The molecule has 102 valence electrons. The summed E-state index contributed by atoms with van der Waals surface area (Å²) >= 11 is 0. The van der Waals surface area contributed by atoms with Gasteiger partial charge < -0.3 is 25.5 Å². The van der Waals surface area contributed by atoms with Crippen LogP contribution in [0.1, 0.15) is 25.7 Å². The Balaban J connectivity index is 2.07. The number of aliphatic hydroxyl groups excluding tert-OH is 5. The third kappa shape index (κ3) is 2.50. The van der Waals surface area contributed by atoms with Crippen LogP contribution in [0.15, 0.2) is 22.8 Å². The fourth-order valence-electron chi connectivity index (χ4n) is 2.66. The van der Waals surface area contributed by atoms with Crippen LogP contribution in [0.4, 0.5) is 0 Å². The maximum atomic E-state index is 9.95. The summed E-state index contributed by atoms with van der Waals surface area (Å²) in [4.78, 5) is 0. The van der Waals surface area contributed by atoms with Crippen molar-refractivity contribution in [2.75, 3.05) is 6.61 Å². The highest BCUT2D eigenvalue weighted by atomic mass is 16.4. The fourth-order valence-corrected chi connectivity index (χ4v) is 2.66. The minimum absolute atomic E-state index is 0.488. The Bertz CT molecular complexity index is 374. The van der Waals surface area contributed by atoms with Gasteiger partial charge in [0.2, 0.25) is 0 Å². The van der Waals surface area contributed by atoms with E-state index >= 15 is 0 Å². The average Bonchev–Trinajstić information content (AvgIpc) is 2.81. The summed E-state index contributed by atoms with van der Waals surface area (Å²) in [6, 6.07) is 0. The second kappa shape index (κ2) is 5.50. The van der Waals surface area contributed by atoms with Crippen LogP contribution in [0, 0.1) is 0 Å². The van der Waals surface area contributed by atoms with Crippen LogP contribution in [0.5, 0.6) is 0 Å². The smallest absolute Gasteiger partial charge is 0.112 e. The predicted molar refractivity (Wildman–Crippen MR) is 64.7 cm³/mol. The zero-order chi connectivity index (χ0) is 13.3. The van der Waals surface area contributed by atoms with Gasteiger partial charge in [-0.1, -0.05) is 11.6 Å². The van der Waals surface area contributed by atoms with Crippen molar-refractivity contribution in [1.82, 2.24) is 0 Å². The normalized spacial score (nSPS) is 28.7. The van der Waals surface area contributed by atoms with E-state index in [1.807, 2.05) is 0 Å². The van der Waals surface area contributed by atoms with Crippen LogP contribution in [0.3, 0.4) is 0 Å². The second-order valence-corrected chi connectivity index (χ2v) is 5.05. The van der Waals surface area contributed by atoms with Crippen LogP contribution >= 0.6 is 0 Å². The summed E-state index contributed by atoms with van der Waals surface area (Å²) in [5, 5.41) is 47.5. The van der Waals surface area contributed by atoms with Crippen molar-refractivity contribution in [3.63, 3.8) is 0 Å². The molecule has 0 saturated carbocycles. The molecule has 2 aliphatic rings. The Kier molecular flexibility index (Phi) is 4.19. The van der Waals surface area contributed by atoms with Crippen molar-refractivity contribution >= 4 is 0 Å². The van der Waals surface area contributed by atoms with Crippen molar-refractivity contribution in [2.24, 2.45) is 0 Å². The molecule has 5 N–H and O–H groups in total. The number of hydrogen-bond donors (Lipinski definition) is 5. The summed E-state index contributed by atoms with van der Waals surface area (Å²) in [5.41, 5.74) is 2.55. The van der Waals surface area contributed by atoms with E-state index in [-0.39, 0.29) is 0 Å². The standard InChI is InChI=1S/C13H20O5/c14-6-11(16)13(18)12(17)8-4-7-2-1-3-10(15)9(7)5-8/h5,10-18H,1-4,6H2/t10?,11-,12-,13-/m1/s1. The molecule has 0 aromatic heterocycles. The van der Waals surface area contributed by atoms with Crippen LogP contribution in [-0.2, 0) is 0 Å². The summed E-state index contributed by atoms with van der Waals surface area (Å²) in [6.45, 7) is -0.596. The molecule has 0 fully saturated rings. The Labute approximate surface area is 106 Å². The molecule has 0 bridgehead atoms. The van der Waals surface area contributed by atoms with Gasteiger partial charge in [-0.25, -0.2) is 0 Å². The molecule has 18 heavy (non-hydrogen) atoms. The van der Waals surface area contributed by atoms with Crippen molar-refractivity contribution in [3.8, 4) is 0 Å². The Morgan fingerprint density at radius 1 is 1.28 bits per heavy atom. The van der Waals surface area contributed by atoms with Crippen LogP contribution in [0.2, 0.25) is 0 Å². The molecule has 0 aromatic carbocycles. The summed E-state index contributed by atoms with van der Waals surface area (Å²) in [6.07, 6.45) is 0.351. The minimum atomic E-state index is -1.40. The fraction of sp³-hybridized carbons (Fsp3) is 0.692. The zero-order valence-electron chi connectivity index (χ0n) is 10.2. The SMILES string of the molecule is OC[C@@H](O)[C@@H](O)[C@H](O)C1=CC2=C(CCCC2O)C1. The highest BCUT2D eigenvalue weighted by Crippen LogP contribution is 2.37. The van der Waals surface area contributed by atoms with Crippen molar-refractivity contribution in [3.05, 3.63) is 22.8 Å². The monoisotopic (exact) mass is 256 g/mol. The van der Waals surface area contributed by atoms with Crippen LogP contribution in [0.25, 0.3) is 0 Å². The predicted octanol–water partition coefficient (Wildman–Crippen LogP) is -0.767. The van der Waals surface area contributed by atoms with Gasteiger partial charge in [0, 0.05) is 0 Å². The molecule has 4 atom stereocenters. The van der Waals surface area contributed by atoms with Gasteiger partial charge in [-0.05, 0) is 36.8 Å². The first kappa shape index (κ1) is 13.7. The molecule has 5 nitrogen and oxygen atoms in total. The molecule has 0 aromatic rings. The van der Waals surface area contributed by atoms with Gasteiger partial charge in [0.1, 0.15) is 18.3 Å². The number of aliphatic hydroxyl groups is 5. The van der Waals surface area contributed by atoms with E-state index in [9.17, 15) is 20.4 Å². The second-order valence-electron chi connectivity index (χ2n) is 5.05. The first-order valence-electron chi connectivity index (χ1n) is 6.30. The molecular formula is C13H20O5. The summed E-state index contributed by atoms with van der Waals surface area (Å²) in [5.74, 6) is 0. The van der Waals surface area contributed by atoms with E-state index in [0.717, 1.165) is 30.4 Å². The molecule has 0 heterocycles. The largest absolute Gasteiger partial charge is 0.394 e.